The molecule has 39 heavy (non-hydrogen) atoms. The molecule has 2 amide bonds. The zero-order valence-electron chi connectivity index (χ0n) is 23.9. The van der Waals surface area contributed by atoms with E-state index >= 15 is 0 Å². The van der Waals surface area contributed by atoms with Crippen molar-refractivity contribution in [2.45, 2.75) is 110 Å². The van der Waals surface area contributed by atoms with Gasteiger partial charge in [-0.1, -0.05) is 56.9 Å². The molecule has 5 rings (SSSR count). The highest BCUT2D eigenvalue weighted by Gasteiger charge is 2.56. The smallest absolute Gasteiger partial charge is 0.243 e. The third kappa shape index (κ3) is 5.73. The van der Waals surface area contributed by atoms with E-state index in [1.54, 1.807) is 11.1 Å². The number of nitrogens with zero attached hydrogens (tertiary/aromatic N) is 1. The summed E-state index contributed by atoms with van der Waals surface area (Å²) in [5, 5.41) is 11.9. The van der Waals surface area contributed by atoms with E-state index in [1.807, 2.05) is 12.4 Å². The molecule has 0 aliphatic heterocycles. The molecule has 6 nitrogen and oxygen atoms in total. The number of unbranched alkanes of at least 4 members (excludes halogenated alkanes) is 4. The van der Waals surface area contributed by atoms with Gasteiger partial charge < -0.3 is 5.32 Å². The lowest BCUT2D eigenvalue weighted by Gasteiger charge is -2.58. The van der Waals surface area contributed by atoms with E-state index in [9.17, 15) is 9.59 Å². The lowest BCUT2D eigenvalue weighted by atomic mass is 9.47. The molecule has 1 aromatic heterocycles. The largest absolute Gasteiger partial charge is 0.353 e. The fourth-order valence-electron chi connectivity index (χ4n) is 8.78. The van der Waals surface area contributed by atoms with Gasteiger partial charge in [0.05, 0.1) is 0 Å². The monoisotopic (exact) mass is 533 g/mol. The first-order valence-electron chi connectivity index (χ1n) is 15.4. The number of nitrogens with one attached hydrogen (secondary N) is 2. The average Bonchev–Trinajstić information content (AvgIpc) is 3.30. The maximum atomic E-state index is 12.7. The van der Waals surface area contributed by atoms with Crippen molar-refractivity contribution < 1.29 is 14.8 Å². The molecule has 4 aliphatic carbocycles. The van der Waals surface area contributed by atoms with Crippen molar-refractivity contribution in [3.63, 3.8) is 0 Å². The van der Waals surface area contributed by atoms with E-state index in [-0.39, 0.29) is 28.7 Å². The molecule has 1 heterocycles. The van der Waals surface area contributed by atoms with Crippen LogP contribution in [0.25, 0.3) is 5.57 Å². The predicted octanol–water partition coefficient (Wildman–Crippen LogP) is 6.76. The number of aromatic nitrogens is 1. The van der Waals surface area contributed by atoms with Gasteiger partial charge in [-0.3, -0.25) is 19.8 Å². The van der Waals surface area contributed by atoms with Crippen LogP contribution in [0.15, 0.2) is 42.3 Å². The Morgan fingerprint density at radius 2 is 1.69 bits per heavy atom. The van der Waals surface area contributed by atoms with Gasteiger partial charge in [0.25, 0.3) is 0 Å². The Bertz CT molecular complexity index is 1100. The lowest BCUT2D eigenvalue weighted by Crippen LogP contribution is -2.51. The summed E-state index contributed by atoms with van der Waals surface area (Å²) in [5.74, 6) is 2.06. The zero-order valence-corrected chi connectivity index (χ0v) is 23.9. The second kappa shape index (κ2) is 12.0. The first kappa shape index (κ1) is 28.1. The number of hydrogen-bond donors (Lipinski definition) is 3. The van der Waals surface area contributed by atoms with E-state index in [0.29, 0.717) is 18.8 Å². The van der Waals surface area contributed by atoms with Crippen LogP contribution in [0.1, 0.15) is 109 Å². The highest BCUT2D eigenvalue weighted by Crippen LogP contribution is 2.66. The van der Waals surface area contributed by atoms with Crippen LogP contribution in [0.4, 0.5) is 0 Å². The Morgan fingerprint density at radius 3 is 2.44 bits per heavy atom. The Hall–Kier alpha value is -2.47. The molecule has 6 heteroatoms. The predicted molar refractivity (Wildman–Crippen MR) is 153 cm³/mol. The maximum Gasteiger partial charge on any atom is 0.243 e. The molecule has 0 saturated heterocycles. The number of hydroxylamine groups is 1. The summed E-state index contributed by atoms with van der Waals surface area (Å²) in [6, 6.07) is 4.57. The molecular formula is C33H47N3O3. The number of allylic oxidation sites excluding steroid dienone is 3. The number of hydrogen-bond acceptors (Lipinski definition) is 4. The summed E-state index contributed by atoms with van der Waals surface area (Å²) in [5.41, 5.74) is 6.64. The van der Waals surface area contributed by atoms with Crippen LogP contribution in [0.2, 0.25) is 0 Å². The normalized spacial score (nSPS) is 33.2. The van der Waals surface area contributed by atoms with Crippen LogP contribution in [0, 0.1) is 28.6 Å². The minimum absolute atomic E-state index is 0.186. The maximum absolute atomic E-state index is 12.7. The Morgan fingerprint density at radius 1 is 0.949 bits per heavy atom. The minimum Gasteiger partial charge on any atom is -0.353 e. The SMILES string of the molecule is C[C@]12CC[C@H](NC(=O)CCCCCCCC(=O)NO)CC1=CC[C@@H]1[C@@H]2CC[C@]2(C)C(c3cccnc3)=CC[C@@H]12. The molecular weight excluding hydrogens is 486 g/mol. The summed E-state index contributed by atoms with van der Waals surface area (Å²) < 4.78 is 0. The number of amides is 2. The summed E-state index contributed by atoms with van der Waals surface area (Å²) >= 11 is 0. The zero-order chi connectivity index (χ0) is 27.5. The molecule has 6 atom stereocenters. The Labute approximate surface area is 234 Å². The second-order valence-corrected chi connectivity index (χ2v) is 13.1. The highest BCUT2D eigenvalue weighted by molar-refractivity contribution is 5.76. The fraction of sp³-hybridized carbons (Fsp3) is 0.667. The van der Waals surface area contributed by atoms with Crippen LogP contribution >= 0.6 is 0 Å². The summed E-state index contributed by atoms with van der Waals surface area (Å²) in [6.45, 7) is 5.05. The van der Waals surface area contributed by atoms with Crippen molar-refractivity contribution in [1.82, 2.24) is 15.8 Å². The molecule has 212 valence electrons. The van der Waals surface area contributed by atoms with Crippen molar-refractivity contribution in [2.24, 2.45) is 28.6 Å². The van der Waals surface area contributed by atoms with Gasteiger partial charge in [-0.2, -0.15) is 0 Å². The van der Waals surface area contributed by atoms with Crippen molar-refractivity contribution in [3.05, 3.63) is 47.8 Å². The van der Waals surface area contributed by atoms with Crippen LogP contribution in [-0.4, -0.2) is 28.0 Å². The molecule has 0 bridgehead atoms. The number of fused-ring (bicyclic) bond motifs is 5. The third-order valence-electron chi connectivity index (χ3n) is 11.0. The van der Waals surface area contributed by atoms with Crippen molar-refractivity contribution in [3.8, 4) is 0 Å². The first-order valence-corrected chi connectivity index (χ1v) is 15.4. The van der Waals surface area contributed by atoms with Crippen LogP contribution in [0.3, 0.4) is 0 Å². The van der Waals surface area contributed by atoms with Gasteiger partial charge in [-0.15, -0.1) is 0 Å². The molecule has 2 saturated carbocycles. The molecule has 4 aliphatic rings. The fourth-order valence-corrected chi connectivity index (χ4v) is 8.78. The minimum atomic E-state index is -0.325. The molecule has 3 N–H and O–H groups in total. The van der Waals surface area contributed by atoms with Gasteiger partial charge in [-0.05, 0) is 104 Å². The number of rotatable bonds is 10. The van der Waals surface area contributed by atoms with E-state index in [1.165, 1.54) is 43.2 Å². The van der Waals surface area contributed by atoms with Gasteiger partial charge in [0.1, 0.15) is 0 Å². The molecule has 0 aromatic carbocycles. The van der Waals surface area contributed by atoms with Gasteiger partial charge in [0.2, 0.25) is 11.8 Å². The molecule has 2 fully saturated rings. The van der Waals surface area contributed by atoms with E-state index < -0.39 is 0 Å². The van der Waals surface area contributed by atoms with Gasteiger partial charge in [0.15, 0.2) is 0 Å². The molecule has 0 radical (unpaired) electrons. The molecule has 0 spiro atoms. The van der Waals surface area contributed by atoms with Crippen molar-refractivity contribution >= 4 is 17.4 Å². The van der Waals surface area contributed by atoms with Crippen LogP contribution in [0.5, 0.6) is 0 Å². The van der Waals surface area contributed by atoms with Gasteiger partial charge in [0, 0.05) is 31.3 Å². The standard InChI is InChI=1S/C33H47N3O3/c1-32-18-16-25(35-30(37)10-6-4-3-5-7-11-31(38)36-39)21-24(32)12-13-26-28-15-14-27(23-9-8-20-34-22-23)33(28,2)19-17-29(26)32/h8-9,12,14,20,22,25-26,28-29,39H,3-7,10-11,13,15-19,21H2,1-2H3,(H,35,37)(H,36,38)/t25-,26-,28-,29-,32-,33+/m0/s1. The highest BCUT2D eigenvalue weighted by atomic mass is 16.5. The van der Waals surface area contributed by atoms with E-state index in [2.05, 4.69) is 48.4 Å². The van der Waals surface area contributed by atoms with E-state index in [0.717, 1.165) is 56.8 Å². The summed E-state index contributed by atoms with van der Waals surface area (Å²) in [7, 11) is 0. The third-order valence-corrected chi connectivity index (χ3v) is 11.0. The van der Waals surface area contributed by atoms with Crippen molar-refractivity contribution in [1.29, 1.82) is 0 Å². The summed E-state index contributed by atoms with van der Waals surface area (Å²) in [6.07, 6.45) is 22.8. The van der Waals surface area contributed by atoms with Gasteiger partial charge >= 0.3 is 0 Å². The summed E-state index contributed by atoms with van der Waals surface area (Å²) in [4.78, 5) is 28.1. The number of pyridine rings is 1. The van der Waals surface area contributed by atoms with Gasteiger partial charge in [-0.25, -0.2) is 5.48 Å². The quantitative estimate of drug-likeness (QED) is 0.134. The Kier molecular flexibility index (Phi) is 8.60. The lowest BCUT2D eigenvalue weighted by molar-refractivity contribution is -0.129. The van der Waals surface area contributed by atoms with Crippen LogP contribution in [-0.2, 0) is 9.59 Å². The second-order valence-electron chi connectivity index (χ2n) is 13.1. The molecule has 0 unspecified atom stereocenters. The van der Waals surface area contributed by atoms with Crippen molar-refractivity contribution in [2.75, 3.05) is 0 Å². The molecule has 1 aromatic rings. The van der Waals surface area contributed by atoms with E-state index in [4.69, 9.17) is 5.21 Å². The van der Waals surface area contributed by atoms with Crippen LogP contribution < -0.4 is 10.8 Å². The topological polar surface area (TPSA) is 91.3 Å². The Balaban J connectivity index is 1.12. The number of carbonyl (C=O) groups excluding carboxylic acids is 2. The number of carbonyl (C=O) groups is 2. The average molecular weight is 534 g/mol. The first-order chi connectivity index (χ1) is 18.8.